The van der Waals surface area contributed by atoms with Crippen molar-refractivity contribution >= 4 is 0 Å². The lowest BCUT2D eigenvalue weighted by molar-refractivity contribution is 0.0522. The fourth-order valence-electron chi connectivity index (χ4n) is 1.44. The first-order chi connectivity index (χ1) is 4.76. The van der Waals surface area contributed by atoms with Gasteiger partial charge in [0.15, 0.2) is 0 Å². The molecule has 10 heavy (non-hydrogen) atoms. The first-order valence-electron chi connectivity index (χ1n) is 4.29. The van der Waals surface area contributed by atoms with E-state index < -0.39 is 0 Å². The maximum atomic E-state index is 5.31. The van der Waals surface area contributed by atoms with E-state index in [1.54, 1.807) is 7.11 Å². The minimum Gasteiger partial charge on any atom is -0.381 e. The predicted octanol–water partition coefficient (Wildman–Crippen LogP) is 2.85. The summed E-state index contributed by atoms with van der Waals surface area (Å²) in [4.78, 5) is 0. The molecule has 62 valence electrons. The number of rotatable bonds is 5. The Morgan fingerprint density at radius 2 is 1.90 bits per heavy atom. The van der Waals surface area contributed by atoms with Gasteiger partial charge in [0.05, 0.1) is 6.10 Å². The fourth-order valence-corrected chi connectivity index (χ4v) is 1.44. The zero-order valence-corrected chi connectivity index (χ0v) is 7.68. The van der Waals surface area contributed by atoms with Gasteiger partial charge in [-0.2, -0.15) is 0 Å². The van der Waals surface area contributed by atoms with Crippen LogP contribution in [-0.2, 0) is 4.74 Å². The van der Waals surface area contributed by atoms with Crippen LogP contribution in [0.3, 0.4) is 0 Å². The standard InChI is InChI=1S/C9H20O/c1-5-7-8(3)9(6-2)10-4/h8-9H,5-7H2,1-4H3. The SMILES string of the molecule is CCCC(C)C(CC)OC. The van der Waals surface area contributed by atoms with E-state index in [-0.39, 0.29) is 0 Å². The molecule has 0 saturated heterocycles. The van der Waals surface area contributed by atoms with Crippen molar-refractivity contribution in [3.05, 3.63) is 0 Å². The largest absolute Gasteiger partial charge is 0.381 e. The molecule has 0 amide bonds. The Balaban J connectivity index is 3.53. The van der Waals surface area contributed by atoms with Gasteiger partial charge in [-0.3, -0.25) is 0 Å². The second kappa shape index (κ2) is 5.72. The molecule has 0 radical (unpaired) electrons. The smallest absolute Gasteiger partial charge is 0.0594 e. The Labute approximate surface area is 64.8 Å². The maximum Gasteiger partial charge on any atom is 0.0594 e. The number of ether oxygens (including phenoxy) is 1. The molecular formula is C9H20O. The van der Waals surface area contributed by atoms with Crippen LogP contribution < -0.4 is 0 Å². The van der Waals surface area contributed by atoms with Gasteiger partial charge in [-0.15, -0.1) is 0 Å². The average Bonchev–Trinajstić information content (AvgIpc) is 1.91. The molecule has 0 saturated carbocycles. The highest BCUT2D eigenvalue weighted by atomic mass is 16.5. The summed E-state index contributed by atoms with van der Waals surface area (Å²) in [5.74, 6) is 0.722. The molecular weight excluding hydrogens is 124 g/mol. The zero-order valence-electron chi connectivity index (χ0n) is 7.68. The number of methoxy groups -OCH3 is 1. The third kappa shape index (κ3) is 3.21. The van der Waals surface area contributed by atoms with Crippen molar-refractivity contribution < 1.29 is 4.74 Å². The van der Waals surface area contributed by atoms with E-state index >= 15 is 0 Å². The van der Waals surface area contributed by atoms with Gasteiger partial charge in [0.1, 0.15) is 0 Å². The molecule has 0 bridgehead atoms. The first kappa shape index (κ1) is 9.96. The molecule has 2 unspecified atom stereocenters. The highest BCUT2D eigenvalue weighted by Crippen LogP contribution is 2.15. The number of hydrogen-bond acceptors (Lipinski definition) is 1. The Hall–Kier alpha value is -0.0400. The van der Waals surface area contributed by atoms with Gasteiger partial charge in [0.2, 0.25) is 0 Å². The lowest BCUT2D eigenvalue weighted by Crippen LogP contribution is -2.18. The average molecular weight is 144 g/mol. The molecule has 0 heterocycles. The maximum absolute atomic E-state index is 5.31. The summed E-state index contributed by atoms with van der Waals surface area (Å²) in [5, 5.41) is 0. The predicted molar refractivity (Wildman–Crippen MR) is 45.2 cm³/mol. The van der Waals surface area contributed by atoms with Gasteiger partial charge in [0, 0.05) is 7.11 Å². The molecule has 0 rings (SSSR count). The Morgan fingerprint density at radius 1 is 1.30 bits per heavy atom. The Bertz CT molecular complexity index is 67.1. The Morgan fingerprint density at radius 3 is 2.20 bits per heavy atom. The highest BCUT2D eigenvalue weighted by Gasteiger charge is 2.12. The fraction of sp³-hybridized carbons (Fsp3) is 1.00. The minimum absolute atomic E-state index is 0.472. The van der Waals surface area contributed by atoms with Crippen LogP contribution in [0.2, 0.25) is 0 Å². The van der Waals surface area contributed by atoms with E-state index in [9.17, 15) is 0 Å². The van der Waals surface area contributed by atoms with Gasteiger partial charge >= 0.3 is 0 Å². The second-order valence-corrected chi connectivity index (χ2v) is 2.95. The molecule has 0 aliphatic carbocycles. The van der Waals surface area contributed by atoms with Crippen LogP contribution in [0.15, 0.2) is 0 Å². The molecule has 0 aliphatic rings. The van der Waals surface area contributed by atoms with E-state index in [2.05, 4.69) is 20.8 Å². The molecule has 1 heteroatoms. The van der Waals surface area contributed by atoms with Gasteiger partial charge in [-0.1, -0.05) is 27.2 Å². The molecule has 0 aromatic heterocycles. The topological polar surface area (TPSA) is 9.23 Å². The monoisotopic (exact) mass is 144 g/mol. The Kier molecular flexibility index (Phi) is 5.70. The summed E-state index contributed by atoms with van der Waals surface area (Å²) in [5.41, 5.74) is 0. The number of hydrogen-bond donors (Lipinski definition) is 0. The highest BCUT2D eigenvalue weighted by molar-refractivity contribution is 4.63. The zero-order chi connectivity index (χ0) is 7.98. The van der Waals surface area contributed by atoms with Crippen LogP contribution in [0.25, 0.3) is 0 Å². The summed E-state index contributed by atoms with van der Waals surface area (Å²) in [6.07, 6.45) is 4.16. The van der Waals surface area contributed by atoms with Crippen molar-refractivity contribution in [2.45, 2.75) is 46.1 Å². The molecule has 0 aromatic rings. The van der Waals surface area contributed by atoms with E-state index in [0.29, 0.717) is 6.10 Å². The van der Waals surface area contributed by atoms with Crippen LogP contribution in [0.5, 0.6) is 0 Å². The van der Waals surface area contributed by atoms with Gasteiger partial charge in [-0.25, -0.2) is 0 Å². The second-order valence-electron chi connectivity index (χ2n) is 2.95. The summed E-state index contributed by atoms with van der Waals surface area (Å²) < 4.78 is 5.31. The normalized spacial score (nSPS) is 16.8. The van der Waals surface area contributed by atoms with Crippen molar-refractivity contribution in [1.82, 2.24) is 0 Å². The van der Waals surface area contributed by atoms with Crippen LogP contribution in [0.1, 0.15) is 40.0 Å². The van der Waals surface area contributed by atoms with E-state index in [0.717, 1.165) is 12.3 Å². The minimum atomic E-state index is 0.472. The lowest BCUT2D eigenvalue weighted by atomic mass is 9.98. The summed E-state index contributed by atoms with van der Waals surface area (Å²) in [6, 6.07) is 0. The molecule has 0 N–H and O–H groups in total. The van der Waals surface area contributed by atoms with Gasteiger partial charge in [0.25, 0.3) is 0 Å². The molecule has 0 aromatic carbocycles. The third-order valence-corrected chi connectivity index (χ3v) is 2.08. The van der Waals surface area contributed by atoms with Crippen LogP contribution in [0.4, 0.5) is 0 Å². The van der Waals surface area contributed by atoms with E-state index in [4.69, 9.17) is 4.74 Å². The third-order valence-electron chi connectivity index (χ3n) is 2.08. The quantitative estimate of drug-likeness (QED) is 0.576. The molecule has 0 spiro atoms. The van der Waals surface area contributed by atoms with Crippen LogP contribution >= 0.6 is 0 Å². The van der Waals surface area contributed by atoms with Crippen LogP contribution in [-0.4, -0.2) is 13.2 Å². The van der Waals surface area contributed by atoms with Crippen molar-refractivity contribution in [1.29, 1.82) is 0 Å². The lowest BCUT2D eigenvalue weighted by Gasteiger charge is -2.20. The van der Waals surface area contributed by atoms with Gasteiger partial charge < -0.3 is 4.74 Å². The molecule has 0 aliphatic heterocycles. The van der Waals surface area contributed by atoms with E-state index in [1.165, 1.54) is 12.8 Å². The molecule has 1 nitrogen and oxygen atoms in total. The summed E-state index contributed by atoms with van der Waals surface area (Å²) in [7, 11) is 1.81. The van der Waals surface area contributed by atoms with E-state index in [1.807, 2.05) is 0 Å². The van der Waals surface area contributed by atoms with Crippen LogP contribution in [0, 0.1) is 5.92 Å². The van der Waals surface area contributed by atoms with Crippen molar-refractivity contribution in [3.63, 3.8) is 0 Å². The molecule has 0 fully saturated rings. The van der Waals surface area contributed by atoms with Gasteiger partial charge in [-0.05, 0) is 18.8 Å². The first-order valence-corrected chi connectivity index (χ1v) is 4.29. The summed E-state index contributed by atoms with van der Waals surface area (Å²) in [6.45, 7) is 6.67. The van der Waals surface area contributed by atoms with Crippen molar-refractivity contribution in [3.8, 4) is 0 Å². The van der Waals surface area contributed by atoms with Crippen molar-refractivity contribution in [2.75, 3.05) is 7.11 Å². The molecule has 2 atom stereocenters. The van der Waals surface area contributed by atoms with Crippen molar-refractivity contribution in [2.24, 2.45) is 5.92 Å². The summed E-state index contributed by atoms with van der Waals surface area (Å²) >= 11 is 0.